The number of aryl methyl sites for hydroxylation is 1. The maximum atomic E-state index is 13.7. The van der Waals surface area contributed by atoms with Crippen LogP contribution in [0.3, 0.4) is 0 Å². The van der Waals surface area contributed by atoms with E-state index in [1.54, 1.807) is 42.5 Å². The maximum Gasteiger partial charge on any atom is 0.303 e. The Balaban J connectivity index is 1.62. The van der Waals surface area contributed by atoms with Gasteiger partial charge in [0, 0.05) is 18.4 Å². The fraction of sp³-hybridized carbons (Fsp3) is 0.310. The van der Waals surface area contributed by atoms with E-state index in [4.69, 9.17) is 15.1 Å². The normalized spacial score (nSPS) is 16.8. The van der Waals surface area contributed by atoms with Crippen molar-refractivity contribution in [2.45, 2.75) is 51.7 Å². The molecule has 0 aliphatic heterocycles. The van der Waals surface area contributed by atoms with E-state index in [2.05, 4.69) is 5.32 Å². The highest BCUT2D eigenvalue weighted by atomic mass is 19.1. The Kier molecular flexibility index (Phi) is 8.06. The van der Waals surface area contributed by atoms with Crippen molar-refractivity contribution in [3.63, 3.8) is 0 Å². The molecular formula is C29H29F2N3O3. The summed E-state index contributed by atoms with van der Waals surface area (Å²) in [6.07, 6.45) is 5.36. The lowest BCUT2D eigenvalue weighted by molar-refractivity contribution is -0.138. The Morgan fingerprint density at radius 1 is 1.11 bits per heavy atom. The van der Waals surface area contributed by atoms with Crippen LogP contribution in [-0.2, 0) is 11.2 Å². The summed E-state index contributed by atoms with van der Waals surface area (Å²) < 4.78 is 26.9. The van der Waals surface area contributed by atoms with Gasteiger partial charge in [0.1, 0.15) is 12.0 Å². The molecule has 0 bridgehead atoms. The van der Waals surface area contributed by atoms with Gasteiger partial charge in [0.2, 0.25) is 0 Å². The first-order chi connectivity index (χ1) is 17.7. The number of fused-ring (bicyclic) bond motifs is 1. The molecule has 2 N–H and O–H groups in total. The fourth-order valence-corrected chi connectivity index (χ4v) is 4.31. The molecule has 0 fully saturated rings. The fourth-order valence-electron chi connectivity index (χ4n) is 4.31. The summed E-state index contributed by atoms with van der Waals surface area (Å²) in [6, 6.07) is 10.7. The molecule has 1 aromatic heterocycles. The van der Waals surface area contributed by atoms with Gasteiger partial charge >= 0.3 is 5.97 Å². The van der Waals surface area contributed by atoms with Gasteiger partial charge in [-0.25, -0.2) is 18.7 Å². The maximum absolute atomic E-state index is 13.7. The second kappa shape index (κ2) is 11.4. The van der Waals surface area contributed by atoms with Crippen LogP contribution in [0.2, 0.25) is 0 Å². The van der Waals surface area contributed by atoms with Crippen LogP contribution >= 0.6 is 0 Å². The van der Waals surface area contributed by atoms with Gasteiger partial charge in [0.25, 0.3) is 5.91 Å². The van der Waals surface area contributed by atoms with Crippen LogP contribution < -0.4 is 5.32 Å². The topological polar surface area (TPSA) is 92.2 Å². The number of rotatable bonds is 9. The minimum Gasteiger partial charge on any atom is -0.481 e. The van der Waals surface area contributed by atoms with E-state index in [-0.39, 0.29) is 36.5 Å². The molecule has 37 heavy (non-hydrogen) atoms. The van der Waals surface area contributed by atoms with Crippen molar-refractivity contribution in [3.05, 3.63) is 89.0 Å². The largest absolute Gasteiger partial charge is 0.481 e. The summed E-state index contributed by atoms with van der Waals surface area (Å²) in [5.74, 6) is -1.55. The average molecular weight is 506 g/mol. The molecule has 2 unspecified atom stereocenters. The first kappa shape index (κ1) is 26.1. The monoisotopic (exact) mass is 505 g/mol. The van der Waals surface area contributed by atoms with Crippen LogP contribution in [0.15, 0.2) is 60.7 Å². The zero-order chi connectivity index (χ0) is 26.5. The van der Waals surface area contributed by atoms with Gasteiger partial charge in [-0.3, -0.25) is 9.59 Å². The summed E-state index contributed by atoms with van der Waals surface area (Å²) in [7, 11) is 0. The zero-order valence-electron chi connectivity index (χ0n) is 20.7. The third-order valence-electron chi connectivity index (χ3n) is 6.43. The van der Waals surface area contributed by atoms with Gasteiger partial charge in [-0.05, 0) is 73.2 Å². The van der Waals surface area contributed by atoms with Crippen LogP contribution in [0.25, 0.3) is 16.6 Å². The Labute approximate surface area is 214 Å². The highest BCUT2D eigenvalue weighted by Crippen LogP contribution is 2.27. The van der Waals surface area contributed by atoms with Crippen LogP contribution in [0.5, 0.6) is 0 Å². The molecule has 3 aromatic rings. The zero-order valence-corrected chi connectivity index (χ0v) is 20.7. The number of alkyl halides is 1. The van der Waals surface area contributed by atoms with E-state index in [0.717, 1.165) is 11.1 Å². The van der Waals surface area contributed by atoms with Gasteiger partial charge in [-0.15, -0.1) is 0 Å². The van der Waals surface area contributed by atoms with Crippen molar-refractivity contribution in [1.82, 2.24) is 15.3 Å². The number of benzene rings is 2. The first-order valence-electron chi connectivity index (χ1n) is 12.3. The van der Waals surface area contributed by atoms with Crippen LogP contribution in [-0.4, -0.2) is 33.1 Å². The molecule has 6 nitrogen and oxygen atoms in total. The molecule has 3 atom stereocenters. The summed E-state index contributed by atoms with van der Waals surface area (Å²) in [5.41, 5.74) is 4.41. The van der Waals surface area contributed by atoms with Gasteiger partial charge in [-0.2, -0.15) is 0 Å². The number of amides is 1. The predicted molar refractivity (Wildman–Crippen MR) is 138 cm³/mol. The molecule has 1 aliphatic rings. The van der Waals surface area contributed by atoms with Gasteiger partial charge in [0.05, 0.1) is 28.5 Å². The summed E-state index contributed by atoms with van der Waals surface area (Å²) in [4.78, 5) is 33.6. The molecule has 192 valence electrons. The molecule has 1 heterocycles. The van der Waals surface area contributed by atoms with Crippen molar-refractivity contribution in [1.29, 1.82) is 0 Å². The second-order valence-corrected chi connectivity index (χ2v) is 9.48. The van der Waals surface area contributed by atoms with Gasteiger partial charge < -0.3 is 10.4 Å². The summed E-state index contributed by atoms with van der Waals surface area (Å²) in [5, 5.41) is 12.0. The third-order valence-corrected chi connectivity index (χ3v) is 6.43. The van der Waals surface area contributed by atoms with Crippen molar-refractivity contribution >= 4 is 28.5 Å². The number of carboxylic acids is 1. The smallest absolute Gasteiger partial charge is 0.303 e. The number of aromatic nitrogens is 2. The number of hydrogen-bond acceptors (Lipinski definition) is 4. The number of aliphatic carboxylic acids is 1. The van der Waals surface area contributed by atoms with E-state index in [1.807, 2.05) is 13.8 Å². The molecule has 1 aliphatic carbocycles. The first-order valence-corrected chi connectivity index (χ1v) is 12.3. The Hall–Kier alpha value is -3.94. The van der Waals surface area contributed by atoms with Crippen molar-refractivity contribution in [2.75, 3.05) is 0 Å². The molecule has 8 heteroatoms. The number of carboxylic acid groups (broad SMARTS) is 1. The second-order valence-electron chi connectivity index (χ2n) is 9.48. The molecular weight excluding hydrogens is 476 g/mol. The van der Waals surface area contributed by atoms with Crippen LogP contribution in [0.4, 0.5) is 8.78 Å². The molecule has 1 amide bonds. The Bertz CT molecular complexity index is 1370. The lowest BCUT2D eigenvalue weighted by Gasteiger charge is -2.16. The molecule has 0 radical (unpaired) electrons. The van der Waals surface area contributed by atoms with E-state index in [1.165, 1.54) is 18.2 Å². The number of nitrogens with zero attached hydrogens (tertiary/aromatic N) is 2. The molecule has 4 rings (SSSR count). The molecule has 0 spiro atoms. The highest BCUT2D eigenvalue weighted by molar-refractivity contribution is 5.97. The number of hydrogen-bond donors (Lipinski definition) is 2. The highest BCUT2D eigenvalue weighted by Gasteiger charge is 2.18. The third kappa shape index (κ3) is 6.64. The molecule has 0 saturated heterocycles. The minimum atomic E-state index is -1.03. The van der Waals surface area contributed by atoms with E-state index >= 15 is 0 Å². The van der Waals surface area contributed by atoms with Crippen molar-refractivity contribution in [2.24, 2.45) is 5.92 Å². The average Bonchev–Trinajstić information content (AvgIpc) is 2.87. The number of allylic oxidation sites excluding steroid dienone is 4. The lowest BCUT2D eigenvalue weighted by atomic mass is 9.96. The van der Waals surface area contributed by atoms with E-state index in [0.29, 0.717) is 40.8 Å². The van der Waals surface area contributed by atoms with Gasteiger partial charge in [0.15, 0.2) is 0 Å². The van der Waals surface area contributed by atoms with E-state index in [9.17, 15) is 18.4 Å². The quantitative estimate of drug-likeness (QED) is 0.373. The number of halogens is 2. The summed E-state index contributed by atoms with van der Waals surface area (Å²) >= 11 is 0. The summed E-state index contributed by atoms with van der Waals surface area (Å²) in [6.45, 7) is 3.70. The Morgan fingerprint density at radius 3 is 2.54 bits per heavy atom. The Morgan fingerprint density at radius 2 is 1.86 bits per heavy atom. The van der Waals surface area contributed by atoms with Gasteiger partial charge in [-0.1, -0.05) is 31.2 Å². The number of carbonyl (C=O) groups excluding carboxylic acids is 1. The molecule has 2 aromatic carbocycles. The predicted octanol–water partition coefficient (Wildman–Crippen LogP) is 5.98. The number of nitrogens with one attached hydrogen (secondary N) is 1. The van der Waals surface area contributed by atoms with Crippen LogP contribution in [0.1, 0.15) is 66.5 Å². The molecule has 0 saturated carbocycles. The SMILES string of the molecule is CC(CCc1nc2cc(C(=O)N[C@H](C)c3ccc(F)cc3)ccc2nc1C1=CCC(F)C=C1)CC(=O)O. The van der Waals surface area contributed by atoms with Crippen molar-refractivity contribution in [3.8, 4) is 0 Å². The lowest BCUT2D eigenvalue weighted by Crippen LogP contribution is -2.26. The standard InChI is InChI=1S/C29H29F2N3O3/c1-17(15-27(35)36)3-13-25-28(20-6-11-23(31)12-7-20)34-24-14-8-21(16-26(24)33-25)29(37)32-18(2)19-4-9-22(30)10-5-19/h4-11,14,16-18,23H,3,12-13,15H2,1-2H3,(H,32,37)(H,35,36)/t17?,18-,23?/m1/s1. The number of carbonyl (C=O) groups is 2. The van der Waals surface area contributed by atoms with E-state index < -0.39 is 12.1 Å². The van der Waals surface area contributed by atoms with Crippen LogP contribution in [0, 0.1) is 11.7 Å². The minimum absolute atomic E-state index is 0.0546. The van der Waals surface area contributed by atoms with Crippen molar-refractivity contribution < 1.29 is 23.5 Å².